The molecule has 2 aromatic heterocycles. The quantitative estimate of drug-likeness (QED) is 0.625. The van der Waals surface area contributed by atoms with Crippen LogP contribution in [0.2, 0.25) is 0 Å². The summed E-state index contributed by atoms with van der Waals surface area (Å²) in [6, 6.07) is 5.47. The second-order valence-corrected chi connectivity index (χ2v) is 8.89. The third-order valence-corrected chi connectivity index (χ3v) is 5.64. The lowest BCUT2D eigenvalue weighted by molar-refractivity contribution is 0.0936. The van der Waals surface area contributed by atoms with E-state index in [0.717, 1.165) is 22.2 Å². The highest BCUT2D eigenvalue weighted by Crippen LogP contribution is 2.32. The molecule has 6 nitrogen and oxygen atoms in total. The molecule has 0 bridgehead atoms. The highest BCUT2D eigenvalue weighted by Gasteiger charge is 2.27. The van der Waals surface area contributed by atoms with Crippen LogP contribution in [0.4, 0.5) is 5.13 Å². The molecule has 0 aliphatic carbocycles. The third kappa shape index (κ3) is 3.12. The Bertz CT molecular complexity index is 1060. The van der Waals surface area contributed by atoms with Crippen LogP contribution in [0.3, 0.4) is 0 Å². The first-order valence-corrected chi connectivity index (χ1v) is 9.83. The van der Waals surface area contributed by atoms with Crippen LogP contribution >= 0.6 is 11.3 Å². The summed E-state index contributed by atoms with van der Waals surface area (Å²) in [4.78, 5) is 32.5. The topological polar surface area (TPSA) is 86.9 Å². The number of carbonyl (C=O) groups excluding carboxylic acids is 2. The molecule has 27 heavy (non-hydrogen) atoms. The number of anilines is 1. The van der Waals surface area contributed by atoms with Crippen LogP contribution in [0.25, 0.3) is 10.9 Å². The number of hydrogen-bond acceptors (Lipinski definition) is 4. The van der Waals surface area contributed by atoms with Crippen molar-refractivity contribution in [1.29, 1.82) is 0 Å². The maximum Gasteiger partial charge on any atom is 0.268 e. The predicted octanol–water partition coefficient (Wildman–Crippen LogP) is 4.02. The van der Waals surface area contributed by atoms with Crippen molar-refractivity contribution < 1.29 is 9.59 Å². The molecule has 0 fully saturated rings. The number of nitrogens with zero attached hydrogens (tertiary/aromatic N) is 1. The van der Waals surface area contributed by atoms with Gasteiger partial charge in [0.25, 0.3) is 11.8 Å². The van der Waals surface area contributed by atoms with E-state index in [9.17, 15) is 9.59 Å². The summed E-state index contributed by atoms with van der Waals surface area (Å²) in [6.45, 7) is 8.95. The second kappa shape index (κ2) is 6.20. The Morgan fingerprint density at radius 1 is 1.33 bits per heavy atom. The molecular weight excluding hydrogens is 360 g/mol. The SMILES string of the molecule is CC1CNC(=O)c2[nH]c3ccc(C(=O)Nc4nc(C(C)(C)C)cs4)cc3c21. The standard InChI is InChI=1S/C20H22N4O2S/c1-10-8-21-18(26)16-15(10)12-7-11(5-6-13(12)22-16)17(25)24-19-23-14(9-27-19)20(2,3)4/h5-7,9-10,22H,8H2,1-4H3,(H,21,26)(H,23,24,25). The van der Waals surface area contributed by atoms with Crippen molar-refractivity contribution >= 4 is 39.2 Å². The average Bonchev–Trinajstić information content (AvgIpc) is 3.22. The van der Waals surface area contributed by atoms with E-state index in [2.05, 4.69) is 48.3 Å². The van der Waals surface area contributed by atoms with Crippen LogP contribution in [-0.4, -0.2) is 28.3 Å². The monoisotopic (exact) mass is 382 g/mol. The van der Waals surface area contributed by atoms with Crippen molar-refractivity contribution in [2.75, 3.05) is 11.9 Å². The third-order valence-electron chi connectivity index (χ3n) is 4.88. The highest BCUT2D eigenvalue weighted by atomic mass is 32.1. The van der Waals surface area contributed by atoms with E-state index in [1.165, 1.54) is 11.3 Å². The molecule has 3 heterocycles. The van der Waals surface area contributed by atoms with E-state index in [4.69, 9.17) is 0 Å². The van der Waals surface area contributed by atoms with Crippen LogP contribution in [-0.2, 0) is 5.41 Å². The van der Waals surface area contributed by atoms with Gasteiger partial charge in [-0.15, -0.1) is 11.3 Å². The van der Waals surface area contributed by atoms with Crippen LogP contribution < -0.4 is 10.6 Å². The molecule has 3 N–H and O–H groups in total. The molecule has 140 valence electrons. The van der Waals surface area contributed by atoms with Gasteiger partial charge in [0, 0.05) is 39.7 Å². The van der Waals surface area contributed by atoms with Crippen molar-refractivity contribution in [3.05, 3.63) is 46.1 Å². The molecule has 1 unspecified atom stereocenters. The number of hydrogen-bond donors (Lipinski definition) is 3. The Kier molecular flexibility index (Phi) is 4.07. The number of fused-ring (bicyclic) bond motifs is 3. The molecule has 3 aromatic rings. The number of H-pyrrole nitrogens is 1. The van der Waals surface area contributed by atoms with Gasteiger partial charge in [-0.25, -0.2) is 4.98 Å². The maximum atomic E-state index is 12.7. The summed E-state index contributed by atoms with van der Waals surface area (Å²) >= 11 is 1.43. The normalized spacial score (nSPS) is 16.9. The minimum Gasteiger partial charge on any atom is -0.350 e. The number of nitrogens with one attached hydrogen (secondary N) is 3. The summed E-state index contributed by atoms with van der Waals surface area (Å²) in [7, 11) is 0. The minimum absolute atomic E-state index is 0.0563. The van der Waals surface area contributed by atoms with Gasteiger partial charge in [0.2, 0.25) is 0 Å². The average molecular weight is 382 g/mol. The summed E-state index contributed by atoms with van der Waals surface area (Å²) in [5.41, 5.74) is 3.89. The molecule has 4 rings (SSSR count). The van der Waals surface area contributed by atoms with Crippen LogP contribution in [0.15, 0.2) is 23.6 Å². The van der Waals surface area contributed by atoms with Gasteiger partial charge in [0.05, 0.1) is 5.69 Å². The number of amides is 2. The van der Waals surface area contributed by atoms with E-state index in [0.29, 0.717) is 22.9 Å². The summed E-state index contributed by atoms with van der Waals surface area (Å²) in [5.74, 6) is -0.101. The van der Waals surface area contributed by atoms with Gasteiger partial charge in [-0.1, -0.05) is 27.7 Å². The highest BCUT2D eigenvalue weighted by molar-refractivity contribution is 7.14. The lowest BCUT2D eigenvalue weighted by atomic mass is 9.93. The lowest BCUT2D eigenvalue weighted by Crippen LogP contribution is -2.33. The summed E-state index contributed by atoms with van der Waals surface area (Å²) in [6.07, 6.45) is 0. The Morgan fingerprint density at radius 3 is 2.81 bits per heavy atom. The number of rotatable bonds is 2. The number of thiazole rings is 1. The molecular formula is C20H22N4O2S. The van der Waals surface area contributed by atoms with Crippen molar-refractivity contribution in [2.45, 2.75) is 39.0 Å². The van der Waals surface area contributed by atoms with Gasteiger partial charge >= 0.3 is 0 Å². The second-order valence-electron chi connectivity index (χ2n) is 8.03. The molecule has 0 saturated carbocycles. The molecule has 1 aromatic carbocycles. The van der Waals surface area contributed by atoms with Crippen LogP contribution in [0, 0.1) is 0 Å². The molecule has 0 radical (unpaired) electrons. The minimum atomic E-state index is -0.199. The number of carbonyl (C=O) groups is 2. The van der Waals surface area contributed by atoms with E-state index in [-0.39, 0.29) is 23.1 Å². The first kappa shape index (κ1) is 17.7. The molecule has 0 saturated heterocycles. The van der Waals surface area contributed by atoms with E-state index in [1.54, 1.807) is 6.07 Å². The number of aromatic nitrogens is 2. The fourth-order valence-corrected chi connectivity index (χ4v) is 4.26. The molecule has 7 heteroatoms. The van der Waals surface area contributed by atoms with Gasteiger partial charge in [0.1, 0.15) is 5.69 Å². The van der Waals surface area contributed by atoms with Gasteiger partial charge in [-0.05, 0) is 23.8 Å². The fourth-order valence-electron chi connectivity index (χ4n) is 3.33. The van der Waals surface area contributed by atoms with Gasteiger partial charge in [-0.2, -0.15) is 0 Å². The first-order chi connectivity index (χ1) is 12.7. The van der Waals surface area contributed by atoms with Crippen molar-refractivity contribution in [3.63, 3.8) is 0 Å². The zero-order chi connectivity index (χ0) is 19.3. The molecule has 1 aliphatic rings. The summed E-state index contributed by atoms with van der Waals surface area (Å²) < 4.78 is 0. The molecule has 2 amide bonds. The van der Waals surface area contributed by atoms with Gasteiger partial charge < -0.3 is 10.3 Å². The van der Waals surface area contributed by atoms with Crippen molar-refractivity contribution in [2.24, 2.45) is 0 Å². The Hall–Kier alpha value is -2.67. The molecule has 0 spiro atoms. The molecule has 1 aliphatic heterocycles. The predicted molar refractivity (Wildman–Crippen MR) is 108 cm³/mol. The Labute approximate surface area is 161 Å². The van der Waals surface area contributed by atoms with Crippen LogP contribution in [0.5, 0.6) is 0 Å². The van der Waals surface area contributed by atoms with Gasteiger partial charge in [0.15, 0.2) is 5.13 Å². The van der Waals surface area contributed by atoms with Crippen molar-refractivity contribution in [1.82, 2.24) is 15.3 Å². The van der Waals surface area contributed by atoms with E-state index in [1.807, 2.05) is 17.5 Å². The number of aromatic amines is 1. The Balaban J connectivity index is 1.66. The smallest absolute Gasteiger partial charge is 0.268 e. The lowest BCUT2D eigenvalue weighted by Gasteiger charge is -2.19. The van der Waals surface area contributed by atoms with Gasteiger partial charge in [-0.3, -0.25) is 14.9 Å². The maximum absolute atomic E-state index is 12.7. The first-order valence-electron chi connectivity index (χ1n) is 8.95. The van der Waals surface area contributed by atoms with Crippen LogP contribution in [0.1, 0.15) is 65.7 Å². The number of benzene rings is 1. The van der Waals surface area contributed by atoms with E-state index >= 15 is 0 Å². The zero-order valence-corrected chi connectivity index (χ0v) is 16.6. The summed E-state index contributed by atoms with van der Waals surface area (Å²) in [5, 5.41) is 9.25. The van der Waals surface area contributed by atoms with Crippen molar-refractivity contribution in [3.8, 4) is 0 Å². The molecule has 1 atom stereocenters. The van der Waals surface area contributed by atoms with E-state index < -0.39 is 0 Å². The fraction of sp³-hybridized carbons (Fsp3) is 0.350. The Morgan fingerprint density at radius 2 is 2.11 bits per heavy atom. The largest absolute Gasteiger partial charge is 0.350 e. The zero-order valence-electron chi connectivity index (χ0n) is 15.8.